The van der Waals surface area contributed by atoms with E-state index < -0.39 is 17.8 Å². The van der Waals surface area contributed by atoms with Crippen molar-refractivity contribution in [3.05, 3.63) is 59.9 Å². The maximum atomic E-state index is 12.5. The Hall–Kier alpha value is -2.12. The fourth-order valence-corrected chi connectivity index (χ4v) is 2.05. The molecule has 1 heterocycles. The summed E-state index contributed by atoms with van der Waals surface area (Å²) in [5, 5.41) is 13.1. The molecule has 1 aromatic carbocycles. The van der Waals surface area contributed by atoms with Crippen molar-refractivity contribution in [2.75, 3.05) is 13.2 Å². The average Bonchev–Trinajstić information content (AvgIpc) is 2.58. The molecule has 4 nitrogen and oxygen atoms in total. The van der Waals surface area contributed by atoms with Crippen LogP contribution in [0.2, 0.25) is 0 Å². The zero-order chi connectivity index (χ0) is 17.6. The second-order valence-corrected chi connectivity index (χ2v) is 5.40. The Morgan fingerprint density at radius 1 is 1.21 bits per heavy atom. The number of hydrogen-bond donors (Lipinski definition) is 2. The number of nitrogens with zero attached hydrogens (tertiary/aromatic N) is 1. The number of aliphatic hydroxyl groups excluding tert-OH is 1. The number of nitrogens with one attached hydrogen (secondary N) is 1. The topological polar surface area (TPSA) is 54.4 Å². The molecule has 0 saturated heterocycles. The van der Waals surface area contributed by atoms with Crippen LogP contribution in [0.5, 0.6) is 5.75 Å². The zero-order valence-electron chi connectivity index (χ0n) is 13.1. The van der Waals surface area contributed by atoms with Gasteiger partial charge >= 0.3 is 6.18 Å². The molecule has 2 rings (SSSR count). The van der Waals surface area contributed by atoms with Gasteiger partial charge in [0.25, 0.3) is 0 Å². The maximum absolute atomic E-state index is 12.5. The number of rotatable bonds is 7. The molecule has 0 fully saturated rings. The van der Waals surface area contributed by atoms with E-state index in [2.05, 4.69) is 10.3 Å². The fraction of sp³-hybridized carbons (Fsp3) is 0.353. The van der Waals surface area contributed by atoms with Crippen molar-refractivity contribution in [1.82, 2.24) is 10.3 Å². The highest BCUT2D eigenvalue weighted by molar-refractivity contribution is 5.28. The van der Waals surface area contributed by atoms with E-state index in [1.54, 1.807) is 12.4 Å². The van der Waals surface area contributed by atoms with Gasteiger partial charge in [0.15, 0.2) is 0 Å². The lowest BCUT2D eigenvalue weighted by Crippen LogP contribution is -2.33. The molecule has 0 aliphatic rings. The maximum Gasteiger partial charge on any atom is 0.416 e. The van der Waals surface area contributed by atoms with Gasteiger partial charge in [0.1, 0.15) is 18.5 Å². The molecule has 0 spiro atoms. The van der Waals surface area contributed by atoms with E-state index in [-0.39, 0.29) is 24.9 Å². The van der Waals surface area contributed by atoms with E-state index in [1.807, 2.05) is 19.1 Å². The predicted octanol–water partition coefficient (Wildman–Crippen LogP) is 3.19. The lowest BCUT2D eigenvalue weighted by Gasteiger charge is -2.18. The molecule has 0 bridgehead atoms. The Bertz CT molecular complexity index is 618. The summed E-state index contributed by atoms with van der Waals surface area (Å²) < 4.78 is 42.7. The van der Waals surface area contributed by atoms with Crippen LogP contribution in [0.15, 0.2) is 48.8 Å². The molecule has 1 aromatic heterocycles. The van der Waals surface area contributed by atoms with Crippen LogP contribution in [0, 0.1) is 0 Å². The number of aliphatic hydroxyl groups is 1. The van der Waals surface area contributed by atoms with E-state index >= 15 is 0 Å². The van der Waals surface area contributed by atoms with Crippen LogP contribution in [-0.4, -0.2) is 29.3 Å². The smallest absolute Gasteiger partial charge is 0.416 e. The van der Waals surface area contributed by atoms with Crippen LogP contribution in [0.4, 0.5) is 13.2 Å². The highest BCUT2D eigenvalue weighted by atomic mass is 19.4. The van der Waals surface area contributed by atoms with Gasteiger partial charge < -0.3 is 15.2 Å². The van der Waals surface area contributed by atoms with Gasteiger partial charge in [0.05, 0.1) is 5.56 Å². The number of hydrogen-bond acceptors (Lipinski definition) is 4. The first-order chi connectivity index (χ1) is 11.4. The van der Waals surface area contributed by atoms with Gasteiger partial charge in [-0.15, -0.1) is 0 Å². The number of ether oxygens (including phenoxy) is 1. The largest absolute Gasteiger partial charge is 0.491 e. The number of halogens is 3. The molecule has 2 N–H and O–H groups in total. The first kappa shape index (κ1) is 18.2. The lowest BCUT2D eigenvalue weighted by atomic mass is 10.1. The Morgan fingerprint density at radius 3 is 2.50 bits per heavy atom. The zero-order valence-corrected chi connectivity index (χ0v) is 13.1. The molecule has 130 valence electrons. The number of aromatic nitrogens is 1. The first-order valence-corrected chi connectivity index (χ1v) is 7.47. The van der Waals surface area contributed by atoms with Crippen LogP contribution in [0.25, 0.3) is 0 Å². The van der Waals surface area contributed by atoms with Crippen molar-refractivity contribution < 1.29 is 23.0 Å². The van der Waals surface area contributed by atoms with E-state index in [0.29, 0.717) is 0 Å². The van der Waals surface area contributed by atoms with Crippen molar-refractivity contribution in [3.63, 3.8) is 0 Å². The minimum Gasteiger partial charge on any atom is -0.491 e. The summed E-state index contributed by atoms with van der Waals surface area (Å²) in [6.45, 7) is 2.22. The van der Waals surface area contributed by atoms with Crippen LogP contribution >= 0.6 is 0 Å². The highest BCUT2D eigenvalue weighted by Gasteiger charge is 2.30. The molecule has 0 aliphatic carbocycles. The molecule has 0 radical (unpaired) electrons. The molecule has 24 heavy (non-hydrogen) atoms. The molecule has 0 amide bonds. The Morgan fingerprint density at radius 2 is 1.92 bits per heavy atom. The number of alkyl halides is 3. The van der Waals surface area contributed by atoms with Gasteiger partial charge in [-0.25, -0.2) is 0 Å². The third-order valence-corrected chi connectivity index (χ3v) is 3.47. The highest BCUT2D eigenvalue weighted by Crippen LogP contribution is 2.30. The summed E-state index contributed by atoms with van der Waals surface area (Å²) >= 11 is 0. The Balaban J connectivity index is 1.76. The van der Waals surface area contributed by atoms with Gasteiger partial charge in [-0.05, 0) is 42.8 Å². The van der Waals surface area contributed by atoms with Crippen molar-refractivity contribution in [2.24, 2.45) is 0 Å². The predicted molar refractivity (Wildman–Crippen MR) is 83.6 cm³/mol. The van der Waals surface area contributed by atoms with E-state index in [1.165, 1.54) is 12.1 Å². The third-order valence-electron chi connectivity index (χ3n) is 3.47. The monoisotopic (exact) mass is 340 g/mol. The number of pyridine rings is 1. The SMILES string of the molecule is CC(NCC(O)COc1ccc(C(F)(F)F)cc1)c1cccnc1. The second-order valence-electron chi connectivity index (χ2n) is 5.40. The van der Waals surface area contributed by atoms with E-state index in [4.69, 9.17) is 4.74 Å². The van der Waals surface area contributed by atoms with Crippen molar-refractivity contribution in [2.45, 2.75) is 25.2 Å². The van der Waals surface area contributed by atoms with Crippen LogP contribution < -0.4 is 10.1 Å². The van der Waals surface area contributed by atoms with Gasteiger partial charge in [-0.1, -0.05) is 6.07 Å². The summed E-state index contributed by atoms with van der Waals surface area (Å²) in [4.78, 5) is 4.03. The molecule has 7 heteroatoms. The second kappa shape index (κ2) is 8.12. The van der Waals surface area contributed by atoms with Gasteiger partial charge in [-0.2, -0.15) is 13.2 Å². The number of benzene rings is 1. The van der Waals surface area contributed by atoms with E-state index in [0.717, 1.165) is 17.7 Å². The molecule has 0 aliphatic heterocycles. The molecular formula is C17H19F3N2O2. The molecular weight excluding hydrogens is 321 g/mol. The van der Waals surface area contributed by atoms with Crippen molar-refractivity contribution >= 4 is 0 Å². The standard InChI is InChI=1S/C17H19F3N2O2/c1-12(13-3-2-8-21-9-13)22-10-15(23)11-24-16-6-4-14(5-7-16)17(18,19)20/h2-9,12,15,22-23H,10-11H2,1H3. The van der Waals surface area contributed by atoms with Crippen molar-refractivity contribution in [3.8, 4) is 5.75 Å². The van der Waals surface area contributed by atoms with Crippen LogP contribution in [0.1, 0.15) is 24.1 Å². The van der Waals surface area contributed by atoms with Crippen LogP contribution in [-0.2, 0) is 6.18 Å². The van der Waals surface area contributed by atoms with Crippen molar-refractivity contribution in [1.29, 1.82) is 0 Å². The summed E-state index contributed by atoms with van der Waals surface area (Å²) in [6, 6.07) is 8.14. The van der Waals surface area contributed by atoms with E-state index in [9.17, 15) is 18.3 Å². The first-order valence-electron chi connectivity index (χ1n) is 7.47. The van der Waals surface area contributed by atoms with Gasteiger partial charge in [0.2, 0.25) is 0 Å². The normalized spacial score (nSPS) is 14.2. The average molecular weight is 340 g/mol. The summed E-state index contributed by atoms with van der Waals surface area (Å²) in [5.74, 6) is 0.280. The molecule has 2 unspecified atom stereocenters. The summed E-state index contributed by atoms with van der Waals surface area (Å²) in [5.41, 5.74) is 0.260. The quantitative estimate of drug-likeness (QED) is 0.813. The summed E-state index contributed by atoms with van der Waals surface area (Å²) in [6.07, 6.45) is -1.73. The lowest BCUT2D eigenvalue weighted by molar-refractivity contribution is -0.137. The Kier molecular flexibility index (Phi) is 6.16. The summed E-state index contributed by atoms with van der Waals surface area (Å²) in [7, 11) is 0. The fourth-order valence-electron chi connectivity index (χ4n) is 2.05. The third kappa shape index (κ3) is 5.50. The van der Waals surface area contributed by atoms with Gasteiger partial charge in [0, 0.05) is 25.0 Å². The Labute approximate surface area is 138 Å². The molecule has 0 saturated carbocycles. The molecule has 2 aromatic rings. The minimum atomic E-state index is -4.37. The minimum absolute atomic E-state index is 0.0134. The van der Waals surface area contributed by atoms with Gasteiger partial charge in [-0.3, -0.25) is 4.98 Å². The van der Waals surface area contributed by atoms with Crippen LogP contribution in [0.3, 0.4) is 0 Å². The molecule has 2 atom stereocenters.